The maximum absolute atomic E-state index is 12.8. The van der Waals surface area contributed by atoms with Gasteiger partial charge < -0.3 is 5.11 Å². The molecule has 0 saturated carbocycles. The average molecular weight is 441 g/mol. The summed E-state index contributed by atoms with van der Waals surface area (Å²) >= 11 is 0. The van der Waals surface area contributed by atoms with Gasteiger partial charge >= 0.3 is 5.97 Å². The molecule has 2 heterocycles. The third-order valence-electron chi connectivity index (χ3n) is 5.34. The number of aromatic nitrogens is 4. The lowest BCUT2D eigenvalue weighted by Gasteiger charge is -2.08. The zero-order valence-electron chi connectivity index (χ0n) is 18.3. The maximum Gasteiger partial charge on any atom is 0.337 e. The van der Waals surface area contributed by atoms with E-state index in [0.717, 1.165) is 36.2 Å². The number of carboxylic acid groups (broad SMARTS) is 1. The zero-order chi connectivity index (χ0) is 23.2. The van der Waals surface area contributed by atoms with Crippen molar-refractivity contribution in [3.05, 3.63) is 101 Å². The first-order valence-corrected chi connectivity index (χ1v) is 10.9. The molecule has 0 radical (unpaired) electrons. The number of nitrogens with zero attached hydrogens (tertiary/aromatic N) is 4. The van der Waals surface area contributed by atoms with E-state index in [-0.39, 0.29) is 17.2 Å². The van der Waals surface area contributed by atoms with Crippen LogP contribution in [0.25, 0.3) is 11.3 Å². The minimum absolute atomic E-state index is 0.160. The number of unbranched alkanes of at least 4 members (excludes halogenated alkanes) is 1. The molecule has 0 atom stereocenters. The lowest BCUT2D eigenvalue weighted by Crippen LogP contribution is -2.08. The summed E-state index contributed by atoms with van der Waals surface area (Å²) in [6, 6.07) is 19.7. The Morgan fingerprint density at radius 1 is 0.970 bits per heavy atom. The van der Waals surface area contributed by atoms with Gasteiger partial charge in [-0.05, 0) is 24.1 Å². The number of aryl methyl sites for hydroxylation is 1. The molecule has 1 N–H and O–H groups in total. The fourth-order valence-electron chi connectivity index (χ4n) is 3.58. The molecule has 0 aliphatic heterocycles. The summed E-state index contributed by atoms with van der Waals surface area (Å²) in [6.45, 7) is 2.57. The highest BCUT2D eigenvalue weighted by atomic mass is 16.4. The van der Waals surface area contributed by atoms with Crippen LogP contribution in [0.2, 0.25) is 0 Å². The summed E-state index contributed by atoms with van der Waals surface area (Å²) < 4.78 is 1.78. The lowest BCUT2D eigenvalue weighted by molar-refractivity contribution is 0.0697. The van der Waals surface area contributed by atoms with Gasteiger partial charge in [0.25, 0.3) is 0 Å². The Labute approximate surface area is 191 Å². The van der Waals surface area contributed by atoms with Crippen LogP contribution in [0, 0.1) is 0 Å². The standard InChI is InChI=1S/C26H24N4O3/c1-2-3-11-22-28-25(24(31)20-8-5-4-6-9-20)29-30(22)17-18-12-14-19(15-13-18)23-21(26(32)33)10-7-16-27-23/h4-10,12-16H,2-3,11,17H2,1H3,(H,32,33). The molecular weight excluding hydrogens is 416 g/mol. The van der Waals surface area contributed by atoms with Crippen molar-refractivity contribution >= 4 is 11.8 Å². The summed E-state index contributed by atoms with van der Waals surface area (Å²) in [4.78, 5) is 33.1. The van der Waals surface area contributed by atoms with Gasteiger partial charge in [-0.25, -0.2) is 14.5 Å². The number of hydrogen-bond acceptors (Lipinski definition) is 5. The molecule has 33 heavy (non-hydrogen) atoms. The van der Waals surface area contributed by atoms with E-state index >= 15 is 0 Å². The van der Waals surface area contributed by atoms with Gasteiger partial charge in [-0.2, -0.15) is 0 Å². The minimum Gasteiger partial charge on any atom is -0.478 e. The normalized spacial score (nSPS) is 10.8. The molecule has 0 aliphatic carbocycles. The Balaban J connectivity index is 1.60. The zero-order valence-corrected chi connectivity index (χ0v) is 18.3. The Morgan fingerprint density at radius 2 is 1.73 bits per heavy atom. The monoisotopic (exact) mass is 440 g/mol. The molecule has 4 rings (SSSR count). The third kappa shape index (κ3) is 5.03. The van der Waals surface area contributed by atoms with Gasteiger partial charge in [-0.3, -0.25) is 9.78 Å². The number of carbonyl (C=O) groups is 2. The number of carbonyl (C=O) groups excluding carboxylic acids is 1. The first-order valence-electron chi connectivity index (χ1n) is 10.9. The molecule has 0 aliphatic rings. The SMILES string of the molecule is CCCCc1nc(C(=O)c2ccccc2)nn1Cc1ccc(-c2ncccc2C(=O)O)cc1. The number of aromatic carboxylic acids is 1. The molecule has 166 valence electrons. The van der Waals surface area contributed by atoms with Crippen LogP contribution in [0.1, 0.15) is 57.7 Å². The highest BCUT2D eigenvalue weighted by molar-refractivity contribution is 6.06. The van der Waals surface area contributed by atoms with Crippen molar-refractivity contribution in [3.63, 3.8) is 0 Å². The van der Waals surface area contributed by atoms with Crippen LogP contribution in [0.3, 0.4) is 0 Å². The fourth-order valence-corrected chi connectivity index (χ4v) is 3.58. The second-order valence-electron chi connectivity index (χ2n) is 7.71. The topological polar surface area (TPSA) is 98.0 Å². The highest BCUT2D eigenvalue weighted by Crippen LogP contribution is 2.22. The molecule has 0 fully saturated rings. The van der Waals surface area contributed by atoms with Gasteiger partial charge in [0.1, 0.15) is 5.82 Å². The van der Waals surface area contributed by atoms with Crippen molar-refractivity contribution in [1.29, 1.82) is 0 Å². The highest BCUT2D eigenvalue weighted by Gasteiger charge is 2.18. The Bertz CT molecular complexity index is 1260. The van der Waals surface area contributed by atoms with Gasteiger partial charge in [0.05, 0.1) is 17.8 Å². The van der Waals surface area contributed by atoms with Crippen LogP contribution in [0.15, 0.2) is 72.9 Å². The summed E-state index contributed by atoms with van der Waals surface area (Å²) in [6.07, 6.45) is 4.28. The second-order valence-corrected chi connectivity index (χ2v) is 7.71. The Kier molecular flexibility index (Phi) is 6.69. The van der Waals surface area contributed by atoms with E-state index in [1.54, 1.807) is 35.1 Å². The predicted molar refractivity (Wildman–Crippen MR) is 124 cm³/mol. The van der Waals surface area contributed by atoms with E-state index < -0.39 is 5.97 Å². The van der Waals surface area contributed by atoms with Crippen molar-refractivity contribution < 1.29 is 14.7 Å². The van der Waals surface area contributed by atoms with Gasteiger partial charge in [-0.15, -0.1) is 5.10 Å². The van der Waals surface area contributed by atoms with Crippen LogP contribution in [0.5, 0.6) is 0 Å². The van der Waals surface area contributed by atoms with Crippen LogP contribution in [-0.2, 0) is 13.0 Å². The van der Waals surface area contributed by atoms with E-state index in [1.807, 2.05) is 42.5 Å². The molecule has 0 spiro atoms. The first-order chi connectivity index (χ1) is 16.1. The van der Waals surface area contributed by atoms with E-state index in [9.17, 15) is 14.7 Å². The lowest BCUT2D eigenvalue weighted by atomic mass is 10.0. The Morgan fingerprint density at radius 3 is 2.42 bits per heavy atom. The average Bonchev–Trinajstić information content (AvgIpc) is 3.25. The van der Waals surface area contributed by atoms with E-state index in [4.69, 9.17) is 0 Å². The molecule has 0 bridgehead atoms. The maximum atomic E-state index is 12.8. The summed E-state index contributed by atoms with van der Waals surface area (Å²) in [5, 5.41) is 13.9. The molecule has 0 amide bonds. The molecule has 0 saturated heterocycles. The minimum atomic E-state index is -1.01. The number of rotatable bonds is 9. The number of carboxylic acids is 1. The third-order valence-corrected chi connectivity index (χ3v) is 5.34. The molecule has 7 nitrogen and oxygen atoms in total. The van der Waals surface area contributed by atoms with E-state index in [1.165, 1.54) is 0 Å². The molecule has 2 aromatic heterocycles. The fraction of sp³-hybridized carbons (Fsp3) is 0.192. The van der Waals surface area contributed by atoms with E-state index in [0.29, 0.717) is 17.8 Å². The van der Waals surface area contributed by atoms with Crippen LogP contribution < -0.4 is 0 Å². The van der Waals surface area contributed by atoms with Crippen LogP contribution >= 0.6 is 0 Å². The Hall–Kier alpha value is -4.13. The van der Waals surface area contributed by atoms with Crippen molar-refractivity contribution in [3.8, 4) is 11.3 Å². The summed E-state index contributed by atoms with van der Waals surface area (Å²) in [7, 11) is 0. The second kappa shape index (κ2) is 9.99. The van der Waals surface area contributed by atoms with E-state index in [2.05, 4.69) is 22.0 Å². The van der Waals surface area contributed by atoms with Crippen LogP contribution in [0.4, 0.5) is 0 Å². The molecule has 0 unspecified atom stereocenters. The quantitative estimate of drug-likeness (QED) is 0.380. The number of hydrogen-bond donors (Lipinski definition) is 1. The van der Waals surface area contributed by atoms with Crippen molar-refractivity contribution in [1.82, 2.24) is 19.7 Å². The van der Waals surface area contributed by atoms with Gasteiger partial charge in [0, 0.05) is 23.7 Å². The number of benzene rings is 2. The molecule has 2 aromatic carbocycles. The van der Waals surface area contributed by atoms with Crippen molar-refractivity contribution in [2.75, 3.05) is 0 Å². The summed E-state index contributed by atoms with van der Waals surface area (Å²) in [5.74, 6) is -0.235. The first kappa shape index (κ1) is 22.1. The number of pyridine rings is 1. The summed E-state index contributed by atoms with van der Waals surface area (Å²) in [5.41, 5.74) is 2.84. The molecule has 7 heteroatoms. The smallest absolute Gasteiger partial charge is 0.337 e. The van der Waals surface area contributed by atoms with Crippen molar-refractivity contribution in [2.24, 2.45) is 0 Å². The van der Waals surface area contributed by atoms with Gasteiger partial charge in [0.15, 0.2) is 0 Å². The predicted octanol–water partition coefficient (Wildman–Crippen LogP) is 4.66. The number of ketones is 1. The molecular formula is C26H24N4O3. The van der Waals surface area contributed by atoms with Crippen molar-refractivity contribution in [2.45, 2.75) is 32.7 Å². The van der Waals surface area contributed by atoms with Crippen LogP contribution in [-0.4, -0.2) is 36.6 Å². The van der Waals surface area contributed by atoms with Gasteiger partial charge in [0.2, 0.25) is 11.6 Å². The van der Waals surface area contributed by atoms with Gasteiger partial charge in [-0.1, -0.05) is 67.9 Å². The largest absolute Gasteiger partial charge is 0.478 e. The molecule has 4 aromatic rings.